The lowest BCUT2D eigenvalue weighted by Crippen LogP contribution is -2.44. The van der Waals surface area contributed by atoms with Crippen LogP contribution in [0.3, 0.4) is 0 Å². The van der Waals surface area contributed by atoms with E-state index in [1.807, 2.05) is 25.2 Å². The van der Waals surface area contributed by atoms with Crippen molar-refractivity contribution in [1.29, 1.82) is 0 Å². The molecular weight excluding hydrogens is 174 g/mol. The summed E-state index contributed by atoms with van der Waals surface area (Å²) in [7, 11) is 1.86. The van der Waals surface area contributed by atoms with E-state index >= 15 is 0 Å². The maximum Gasteiger partial charge on any atom is 0.253 e. The summed E-state index contributed by atoms with van der Waals surface area (Å²) in [4.78, 5) is 13.6. The Labute approximate surface area is 84.5 Å². The largest absolute Gasteiger partial charge is 0.341 e. The number of carbonyl (C=O) groups excluding carboxylic acids is 1. The molecule has 0 N–H and O–H groups in total. The highest BCUT2D eigenvalue weighted by atomic mass is 16.2. The number of benzene rings is 1. The second-order valence-electron chi connectivity index (χ2n) is 4.59. The van der Waals surface area contributed by atoms with Crippen molar-refractivity contribution in [3.05, 3.63) is 35.4 Å². The second-order valence-corrected chi connectivity index (χ2v) is 4.59. The van der Waals surface area contributed by atoms with Crippen LogP contribution in [0, 0.1) is 0 Å². The first kappa shape index (κ1) is 9.25. The number of likely N-dealkylation sites (N-methyl/N-ethyl adjacent to an activating group) is 1. The van der Waals surface area contributed by atoms with Crippen LogP contribution in [0.4, 0.5) is 0 Å². The molecule has 0 fully saturated rings. The summed E-state index contributed by atoms with van der Waals surface area (Å²) in [6, 6.07) is 7.89. The lowest BCUT2D eigenvalue weighted by Gasteiger charge is -2.37. The number of amides is 1. The molecule has 1 amide bonds. The Kier molecular flexibility index (Phi) is 1.88. The van der Waals surface area contributed by atoms with Crippen molar-refractivity contribution in [3.8, 4) is 0 Å². The average molecular weight is 189 g/mol. The number of carbonyl (C=O) groups is 1. The maximum absolute atomic E-state index is 11.8. The van der Waals surface area contributed by atoms with Gasteiger partial charge in [-0.2, -0.15) is 0 Å². The minimum absolute atomic E-state index is 0.0687. The predicted octanol–water partition coefficient (Wildman–Crippen LogP) is 2.05. The van der Waals surface area contributed by atoms with Crippen LogP contribution in [0.5, 0.6) is 0 Å². The van der Waals surface area contributed by atoms with Crippen molar-refractivity contribution in [2.24, 2.45) is 0 Å². The Hall–Kier alpha value is -1.31. The van der Waals surface area contributed by atoms with Crippen LogP contribution in [0.25, 0.3) is 0 Å². The Balaban J connectivity index is 2.62. The molecule has 0 saturated heterocycles. The van der Waals surface area contributed by atoms with Crippen molar-refractivity contribution < 1.29 is 4.79 Å². The number of hydrogen-bond acceptors (Lipinski definition) is 1. The summed E-state index contributed by atoms with van der Waals surface area (Å²) in [6.07, 6.45) is 0. The lowest BCUT2D eigenvalue weighted by molar-refractivity contribution is 0.0737. The highest BCUT2D eigenvalue weighted by Gasteiger charge is 2.34. The van der Waals surface area contributed by atoms with E-state index in [1.54, 1.807) is 4.90 Å². The standard InChI is InChI=1S/C12H15NO/c1-12(2)8-13(3)11(14)9-6-4-5-7-10(9)12/h4-7H,8H2,1-3H3. The van der Waals surface area contributed by atoms with E-state index in [1.165, 1.54) is 5.56 Å². The first-order valence-electron chi connectivity index (χ1n) is 4.87. The maximum atomic E-state index is 11.8. The van der Waals surface area contributed by atoms with Crippen molar-refractivity contribution in [2.45, 2.75) is 19.3 Å². The van der Waals surface area contributed by atoms with Gasteiger partial charge in [0.05, 0.1) is 0 Å². The first-order valence-corrected chi connectivity index (χ1v) is 4.87. The van der Waals surface area contributed by atoms with Crippen LogP contribution in [0.15, 0.2) is 24.3 Å². The monoisotopic (exact) mass is 189 g/mol. The molecular formula is C12H15NO. The van der Waals surface area contributed by atoms with Crippen LogP contribution in [0.2, 0.25) is 0 Å². The summed E-state index contributed by atoms with van der Waals surface area (Å²) in [5.74, 6) is 0.139. The van der Waals surface area contributed by atoms with Crippen LogP contribution >= 0.6 is 0 Å². The van der Waals surface area contributed by atoms with Gasteiger partial charge in [0.2, 0.25) is 0 Å². The molecule has 0 radical (unpaired) electrons. The molecule has 1 aliphatic heterocycles. The molecule has 0 bridgehead atoms. The van der Waals surface area contributed by atoms with Gasteiger partial charge in [0.15, 0.2) is 0 Å². The average Bonchev–Trinajstić information content (AvgIpc) is 2.14. The van der Waals surface area contributed by atoms with E-state index in [4.69, 9.17) is 0 Å². The molecule has 1 heterocycles. The Bertz CT molecular complexity index is 382. The third-order valence-electron chi connectivity index (χ3n) is 2.87. The molecule has 2 nitrogen and oxygen atoms in total. The van der Waals surface area contributed by atoms with E-state index in [2.05, 4.69) is 19.9 Å². The van der Waals surface area contributed by atoms with E-state index < -0.39 is 0 Å². The third-order valence-corrected chi connectivity index (χ3v) is 2.87. The molecule has 14 heavy (non-hydrogen) atoms. The SMILES string of the molecule is CN1CC(C)(C)c2ccccc2C1=O. The van der Waals surface area contributed by atoms with Crippen molar-refractivity contribution in [2.75, 3.05) is 13.6 Å². The summed E-state index contributed by atoms with van der Waals surface area (Å²) >= 11 is 0. The van der Waals surface area contributed by atoms with Crippen LogP contribution in [0.1, 0.15) is 29.8 Å². The van der Waals surface area contributed by atoms with E-state index in [9.17, 15) is 4.79 Å². The fourth-order valence-corrected chi connectivity index (χ4v) is 2.22. The van der Waals surface area contributed by atoms with E-state index in [-0.39, 0.29) is 11.3 Å². The molecule has 1 aliphatic rings. The molecule has 0 atom stereocenters. The summed E-state index contributed by atoms with van der Waals surface area (Å²) in [5, 5.41) is 0. The zero-order chi connectivity index (χ0) is 10.3. The van der Waals surface area contributed by atoms with Crippen LogP contribution < -0.4 is 0 Å². The molecule has 2 rings (SSSR count). The van der Waals surface area contributed by atoms with Gasteiger partial charge < -0.3 is 4.90 Å². The van der Waals surface area contributed by atoms with Crippen LogP contribution in [-0.4, -0.2) is 24.4 Å². The molecule has 1 aromatic carbocycles. The Morgan fingerprint density at radius 2 is 1.93 bits per heavy atom. The molecule has 0 spiro atoms. The zero-order valence-corrected chi connectivity index (χ0v) is 8.87. The van der Waals surface area contributed by atoms with E-state index in [0.717, 1.165) is 12.1 Å². The smallest absolute Gasteiger partial charge is 0.253 e. The second kappa shape index (κ2) is 2.84. The molecule has 1 aromatic rings. The minimum Gasteiger partial charge on any atom is -0.341 e. The third kappa shape index (κ3) is 1.22. The zero-order valence-electron chi connectivity index (χ0n) is 8.87. The molecule has 0 aliphatic carbocycles. The molecule has 74 valence electrons. The Morgan fingerprint density at radius 1 is 1.29 bits per heavy atom. The van der Waals surface area contributed by atoms with Crippen LogP contribution in [-0.2, 0) is 5.41 Å². The van der Waals surface area contributed by atoms with Gasteiger partial charge in [0.25, 0.3) is 5.91 Å². The van der Waals surface area contributed by atoms with Gasteiger partial charge in [-0.15, -0.1) is 0 Å². The molecule has 0 unspecified atom stereocenters. The van der Waals surface area contributed by atoms with Gasteiger partial charge in [-0.1, -0.05) is 32.0 Å². The predicted molar refractivity (Wildman–Crippen MR) is 56.4 cm³/mol. The summed E-state index contributed by atoms with van der Waals surface area (Å²) < 4.78 is 0. The van der Waals surface area contributed by atoms with Gasteiger partial charge in [-0.25, -0.2) is 0 Å². The minimum atomic E-state index is 0.0687. The van der Waals surface area contributed by atoms with Gasteiger partial charge in [-0.3, -0.25) is 4.79 Å². The lowest BCUT2D eigenvalue weighted by atomic mass is 9.78. The number of fused-ring (bicyclic) bond motifs is 1. The van der Waals surface area contributed by atoms with Gasteiger partial charge >= 0.3 is 0 Å². The van der Waals surface area contributed by atoms with Crippen molar-refractivity contribution in [1.82, 2.24) is 4.90 Å². The molecule has 0 saturated carbocycles. The number of rotatable bonds is 0. The Morgan fingerprint density at radius 3 is 2.64 bits per heavy atom. The quantitative estimate of drug-likeness (QED) is 0.611. The number of nitrogens with zero attached hydrogens (tertiary/aromatic N) is 1. The highest BCUT2D eigenvalue weighted by Crippen LogP contribution is 2.32. The van der Waals surface area contributed by atoms with Crippen molar-refractivity contribution >= 4 is 5.91 Å². The van der Waals surface area contributed by atoms with E-state index in [0.29, 0.717) is 0 Å². The van der Waals surface area contributed by atoms with Gasteiger partial charge in [0.1, 0.15) is 0 Å². The summed E-state index contributed by atoms with van der Waals surface area (Å²) in [6.45, 7) is 5.15. The normalized spacial score (nSPS) is 19.4. The van der Waals surface area contributed by atoms with Gasteiger partial charge in [-0.05, 0) is 11.6 Å². The molecule has 0 aromatic heterocycles. The number of hydrogen-bond donors (Lipinski definition) is 0. The topological polar surface area (TPSA) is 20.3 Å². The first-order chi connectivity index (χ1) is 6.52. The summed E-state index contributed by atoms with van der Waals surface area (Å²) in [5.41, 5.74) is 2.09. The fourth-order valence-electron chi connectivity index (χ4n) is 2.22. The fraction of sp³-hybridized carbons (Fsp3) is 0.417. The van der Waals surface area contributed by atoms with Gasteiger partial charge in [0, 0.05) is 24.6 Å². The highest BCUT2D eigenvalue weighted by molar-refractivity contribution is 5.97. The molecule has 2 heteroatoms. The van der Waals surface area contributed by atoms with Crippen molar-refractivity contribution in [3.63, 3.8) is 0 Å².